The maximum absolute atomic E-state index is 12.8. The Morgan fingerprint density at radius 1 is 1.00 bits per heavy atom. The van der Waals surface area contributed by atoms with E-state index in [-0.39, 0.29) is 16.5 Å². The summed E-state index contributed by atoms with van der Waals surface area (Å²) >= 11 is 6.16. The number of rotatable bonds is 5. The summed E-state index contributed by atoms with van der Waals surface area (Å²) in [6.45, 7) is 0. The van der Waals surface area contributed by atoms with Gasteiger partial charge in [-0.2, -0.15) is 13.2 Å². The Kier molecular flexibility index (Phi) is 5.84. The van der Waals surface area contributed by atoms with Crippen LogP contribution in [0.15, 0.2) is 71.7 Å². The maximum Gasteiger partial charge on any atom is 0.416 e. The first-order valence-electron chi connectivity index (χ1n) is 8.16. The van der Waals surface area contributed by atoms with E-state index in [1.54, 1.807) is 12.3 Å². The van der Waals surface area contributed by atoms with Crippen LogP contribution in [-0.2, 0) is 6.18 Å². The predicted octanol–water partition coefficient (Wildman–Crippen LogP) is 6.81. The van der Waals surface area contributed by atoms with Gasteiger partial charge < -0.3 is 4.74 Å². The molecule has 3 rings (SSSR count). The molecule has 0 amide bonds. The average molecular weight is 421 g/mol. The zero-order valence-corrected chi connectivity index (χ0v) is 15.3. The van der Waals surface area contributed by atoms with Gasteiger partial charge in [0, 0.05) is 12.3 Å². The van der Waals surface area contributed by atoms with Gasteiger partial charge >= 0.3 is 11.9 Å². The van der Waals surface area contributed by atoms with Crippen LogP contribution in [0.25, 0.3) is 0 Å². The molecule has 0 N–H and O–H groups in total. The third kappa shape index (κ3) is 5.11. The molecule has 0 radical (unpaired) electrons. The molecule has 148 valence electrons. The maximum atomic E-state index is 12.8. The van der Waals surface area contributed by atoms with Gasteiger partial charge in [-0.05, 0) is 48.0 Å². The number of nitro benzene ring substituents is 1. The van der Waals surface area contributed by atoms with Crippen molar-refractivity contribution in [3.63, 3.8) is 0 Å². The predicted molar refractivity (Wildman–Crippen MR) is 103 cm³/mol. The SMILES string of the molecule is O=[N+]([O-])c1cc(C(F)(F)F)ccc1Oc1ccc(C=Nc2ccccc2)cc1Cl. The second-order valence-electron chi connectivity index (χ2n) is 5.82. The lowest BCUT2D eigenvalue weighted by Gasteiger charge is -2.11. The van der Waals surface area contributed by atoms with E-state index in [1.165, 1.54) is 12.1 Å². The molecular formula is C20H12ClF3N2O3. The molecule has 3 aromatic carbocycles. The van der Waals surface area contributed by atoms with Crippen LogP contribution in [0.5, 0.6) is 11.5 Å². The fraction of sp³-hybridized carbons (Fsp3) is 0.0500. The third-order valence-electron chi connectivity index (χ3n) is 3.78. The number of alkyl halides is 3. The Morgan fingerprint density at radius 3 is 2.31 bits per heavy atom. The number of hydrogen-bond donors (Lipinski definition) is 0. The summed E-state index contributed by atoms with van der Waals surface area (Å²) in [5.41, 5.74) is -0.571. The summed E-state index contributed by atoms with van der Waals surface area (Å²) in [5, 5.41) is 11.3. The lowest BCUT2D eigenvalue weighted by molar-refractivity contribution is -0.385. The van der Waals surface area contributed by atoms with Gasteiger partial charge in [0.2, 0.25) is 5.75 Å². The molecule has 0 bridgehead atoms. The number of aliphatic imine (C=N–C) groups is 1. The van der Waals surface area contributed by atoms with E-state index in [0.717, 1.165) is 11.8 Å². The van der Waals surface area contributed by atoms with Crippen molar-refractivity contribution in [2.75, 3.05) is 0 Å². The van der Waals surface area contributed by atoms with E-state index >= 15 is 0 Å². The highest BCUT2D eigenvalue weighted by atomic mass is 35.5. The molecule has 0 aliphatic rings. The average Bonchev–Trinajstić information content (AvgIpc) is 2.68. The summed E-state index contributed by atoms with van der Waals surface area (Å²) < 4.78 is 43.8. The Bertz CT molecular complexity index is 1070. The normalized spacial score (nSPS) is 11.6. The van der Waals surface area contributed by atoms with Gasteiger partial charge in [0.25, 0.3) is 0 Å². The van der Waals surface area contributed by atoms with Crippen LogP contribution in [0.2, 0.25) is 5.02 Å². The van der Waals surface area contributed by atoms with Crippen molar-refractivity contribution in [2.24, 2.45) is 4.99 Å². The highest BCUT2D eigenvalue weighted by Gasteiger charge is 2.33. The molecule has 0 aromatic heterocycles. The van der Waals surface area contributed by atoms with Crippen LogP contribution in [0, 0.1) is 10.1 Å². The highest BCUT2D eigenvalue weighted by Crippen LogP contribution is 2.39. The number of benzene rings is 3. The molecule has 29 heavy (non-hydrogen) atoms. The Balaban J connectivity index is 1.85. The molecule has 9 heteroatoms. The van der Waals surface area contributed by atoms with Crippen LogP contribution < -0.4 is 4.74 Å². The molecule has 0 atom stereocenters. The molecule has 3 aromatic rings. The molecule has 5 nitrogen and oxygen atoms in total. The molecule has 0 heterocycles. The monoisotopic (exact) mass is 420 g/mol. The molecule has 0 fully saturated rings. The smallest absolute Gasteiger partial charge is 0.416 e. The van der Waals surface area contributed by atoms with Crippen LogP contribution in [0.3, 0.4) is 0 Å². The van der Waals surface area contributed by atoms with E-state index in [4.69, 9.17) is 16.3 Å². The number of nitro groups is 1. The van der Waals surface area contributed by atoms with Crippen molar-refractivity contribution in [3.8, 4) is 11.5 Å². The van der Waals surface area contributed by atoms with Crippen molar-refractivity contribution in [1.82, 2.24) is 0 Å². The Hall–Kier alpha value is -3.39. The minimum absolute atomic E-state index is 0.0615. The zero-order chi connectivity index (χ0) is 21.0. The van der Waals surface area contributed by atoms with E-state index < -0.39 is 22.4 Å². The van der Waals surface area contributed by atoms with Gasteiger partial charge in [-0.25, -0.2) is 0 Å². The van der Waals surface area contributed by atoms with Crippen molar-refractivity contribution < 1.29 is 22.8 Å². The first-order valence-corrected chi connectivity index (χ1v) is 8.54. The summed E-state index contributed by atoms with van der Waals surface area (Å²) in [6.07, 6.45) is -3.13. The summed E-state index contributed by atoms with van der Waals surface area (Å²) in [7, 11) is 0. The van der Waals surface area contributed by atoms with Crippen molar-refractivity contribution in [1.29, 1.82) is 0 Å². The third-order valence-corrected chi connectivity index (χ3v) is 4.07. The summed E-state index contributed by atoms with van der Waals surface area (Å²) in [4.78, 5) is 14.5. The molecule has 0 unspecified atom stereocenters. The lowest BCUT2D eigenvalue weighted by atomic mass is 10.2. The molecule has 0 saturated heterocycles. The van der Waals surface area contributed by atoms with E-state index in [9.17, 15) is 23.3 Å². The molecule has 0 aliphatic carbocycles. The second-order valence-corrected chi connectivity index (χ2v) is 6.23. The topological polar surface area (TPSA) is 64.7 Å². The van der Waals surface area contributed by atoms with E-state index in [1.807, 2.05) is 30.3 Å². The largest absolute Gasteiger partial charge is 0.449 e. The summed E-state index contributed by atoms with van der Waals surface area (Å²) in [6, 6.07) is 15.8. The minimum atomic E-state index is -4.71. The molecular weight excluding hydrogens is 409 g/mol. The molecule has 0 spiro atoms. The van der Waals surface area contributed by atoms with Gasteiger partial charge in [-0.3, -0.25) is 15.1 Å². The Labute approximate surface area is 168 Å². The fourth-order valence-electron chi connectivity index (χ4n) is 2.38. The Morgan fingerprint density at radius 2 is 1.69 bits per heavy atom. The molecule has 0 saturated carbocycles. The van der Waals surface area contributed by atoms with Crippen molar-refractivity contribution >= 4 is 29.2 Å². The minimum Gasteiger partial charge on any atom is -0.449 e. The van der Waals surface area contributed by atoms with Crippen molar-refractivity contribution in [3.05, 3.63) is 93.0 Å². The van der Waals surface area contributed by atoms with E-state index in [0.29, 0.717) is 17.7 Å². The number of para-hydroxylation sites is 1. The zero-order valence-electron chi connectivity index (χ0n) is 14.6. The van der Waals surface area contributed by atoms with Crippen LogP contribution in [-0.4, -0.2) is 11.1 Å². The first kappa shape index (κ1) is 20.3. The van der Waals surface area contributed by atoms with E-state index in [2.05, 4.69) is 4.99 Å². The quantitative estimate of drug-likeness (QED) is 0.259. The van der Waals surface area contributed by atoms with Gasteiger partial charge in [0.05, 0.1) is 21.2 Å². The van der Waals surface area contributed by atoms with Gasteiger partial charge in [-0.15, -0.1) is 0 Å². The van der Waals surface area contributed by atoms with Crippen LogP contribution >= 0.6 is 11.6 Å². The van der Waals surface area contributed by atoms with Crippen LogP contribution in [0.1, 0.15) is 11.1 Å². The van der Waals surface area contributed by atoms with Gasteiger partial charge in [-0.1, -0.05) is 29.8 Å². The summed E-state index contributed by atoms with van der Waals surface area (Å²) in [5.74, 6) is -0.290. The lowest BCUT2D eigenvalue weighted by Crippen LogP contribution is -2.06. The highest BCUT2D eigenvalue weighted by molar-refractivity contribution is 6.32. The fourth-order valence-corrected chi connectivity index (χ4v) is 2.61. The standard InChI is InChI=1S/C20H12ClF3N2O3/c21-16-10-13(12-25-15-4-2-1-3-5-15)6-8-18(16)29-19-9-7-14(20(22,23)24)11-17(19)26(27)28/h1-12H. The number of nitrogens with zero attached hydrogens (tertiary/aromatic N) is 2. The van der Waals surface area contributed by atoms with Crippen LogP contribution in [0.4, 0.5) is 24.5 Å². The van der Waals surface area contributed by atoms with Crippen molar-refractivity contribution in [2.45, 2.75) is 6.18 Å². The number of hydrogen-bond acceptors (Lipinski definition) is 4. The number of ether oxygens (including phenoxy) is 1. The van der Waals surface area contributed by atoms with Gasteiger partial charge in [0.15, 0.2) is 0 Å². The second kappa shape index (κ2) is 8.32. The van der Waals surface area contributed by atoms with Gasteiger partial charge in [0.1, 0.15) is 5.75 Å². The number of halogens is 4. The molecule has 0 aliphatic heterocycles. The first-order chi connectivity index (χ1) is 13.7.